The predicted octanol–water partition coefficient (Wildman–Crippen LogP) is 6.79. The lowest BCUT2D eigenvalue weighted by molar-refractivity contribution is -0.668. The molecule has 0 aliphatic carbocycles. The normalized spacial score (nSPS) is 15.2. The maximum atomic E-state index is 14.6. The van der Waals surface area contributed by atoms with Crippen LogP contribution in [-0.2, 0) is 16.7 Å². The molecule has 0 radical (unpaired) electrons. The number of halogens is 1. The molecule has 1 aliphatic heterocycles. The average Bonchev–Trinajstić information content (AvgIpc) is 3.28. The van der Waals surface area contributed by atoms with Crippen LogP contribution in [0.3, 0.4) is 0 Å². The Labute approximate surface area is 232 Å². The smallest absolute Gasteiger partial charge is 0.249 e. The van der Waals surface area contributed by atoms with Crippen molar-refractivity contribution in [3.8, 4) is 0 Å². The Morgan fingerprint density at radius 3 is 2.67 bits per heavy atom. The summed E-state index contributed by atoms with van der Waals surface area (Å²) < 4.78 is 50.2. The lowest BCUT2D eigenvalue weighted by atomic mass is 10.1. The summed E-state index contributed by atoms with van der Waals surface area (Å²) >= 11 is 1.63. The minimum absolute atomic E-state index is 0.239. The van der Waals surface area contributed by atoms with Crippen LogP contribution in [0.1, 0.15) is 25.8 Å². The summed E-state index contributed by atoms with van der Waals surface area (Å²) in [5.74, 6) is -0.639. The molecule has 0 saturated heterocycles. The van der Waals surface area contributed by atoms with Crippen molar-refractivity contribution in [2.24, 2.45) is 0 Å². The van der Waals surface area contributed by atoms with Gasteiger partial charge in [-0.15, -0.1) is 0 Å². The van der Waals surface area contributed by atoms with Gasteiger partial charge in [0.15, 0.2) is 12.0 Å². The molecule has 5 nitrogen and oxygen atoms in total. The first-order valence-electron chi connectivity index (χ1n) is 12.8. The fourth-order valence-electron chi connectivity index (χ4n) is 4.88. The van der Waals surface area contributed by atoms with E-state index in [1.54, 1.807) is 17.8 Å². The molecule has 0 amide bonds. The van der Waals surface area contributed by atoms with Crippen molar-refractivity contribution in [2.75, 3.05) is 17.2 Å². The molecule has 4 aromatic rings. The first-order chi connectivity index (χ1) is 18.7. The van der Waals surface area contributed by atoms with Gasteiger partial charge < -0.3 is 9.45 Å². The average molecular weight is 561 g/mol. The quantitative estimate of drug-likeness (QED) is 0.135. The Hall–Kier alpha value is -3.46. The molecule has 1 aromatic heterocycles. The Morgan fingerprint density at radius 2 is 1.87 bits per heavy atom. The molecular formula is C31H29FN2O3S2. The van der Waals surface area contributed by atoms with Crippen LogP contribution in [0.25, 0.3) is 27.8 Å². The Balaban J connectivity index is 1.45. The van der Waals surface area contributed by atoms with E-state index >= 15 is 0 Å². The van der Waals surface area contributed by atoms with Gasteiger partial charge in [0.2, 0.25) is 5.52 Å². The van der Waals surface area contributed by atoms with Gasteiger partial charge in [-0.3, -0.25) is 0 Å². The maximum absolute atomic E-state index is 14.6. The van der Waals surface area contributed by atoms with E-state index in [9.17, 15) is 17.4 Å². The van der Waals surface area contributed by atoms with Gasteiger partial charge in [-0.1, -0.05) is 72.0 Å². The van der Waals surface area contributed by atoms with Crippen LogP contribution in [0.2, 0.25) is 0 Å². The zero-order valence-electron chi connectivity index (χ0n) is 21.8. The Bertz CT molecular complexity index is 1760. The molecule has 0 unspecified atom stereocenters. The van der Waals surface area contributed by atoms with Crippen molar-refractivity contribution in [1.82, 2.24) is 0 Å². The number of aryl methyl sites for hydroxylation is 1. The first kappa shape index (κ1) is 27.1. The molecule has 5 rings (SSSR count). The van der Waals surface area contributed by atoms with E-state index < -0.39 is 15.9 Å². The molecule has 0 bridgehead atoms. The van der Waals surface area contributed by atoms with Crippen molar-refractivity contribution in [3.63, 3.8) is 0 Å². The first-order valence-corrected chi connectivity index (χ1v) is 15.2. The molecule has 0 spiro atoms. The number of aromatic nitrogens is 1. The molecule has 0 atom stereocenters. The number of fused-ring (bicyclic) bond motifs is 4. The van der Waals surface area contributed by atoms with Crippen LogP contribution in [0, 0.1) is 5.82 Å². The minimum Gasteiger partial charge on any atom is -0.748 e. The summed E-state index contributed by atoms with van der Waals surface area (Å²) in [6.07, 6.45) is 10.2. The van der Waals surface area contributed by atoms with Gasteiger partial charge in [-0.05, 0) is 55.5 Å². The second-order valence-electron chi connectivity index (χ2n) is 9.44. The number of hydrogen-bond donors (Lipinski definition) is 0. The summed E-state index contributed by atoms with van der Waals surface area (Å²) in [5, 5.41) is 4.01. The molecule has 2 heterocycles. The van der Waals surface area contributed by atoms with Crippen LogP contribution >= 0.6 is 11.8 Å². The molecule has 0 saturated carbocycles. The van der Waals surface area contributed by atoms with Gasteiger partial charge in [-0.25, -0.2) is 8.42 Å². The van der Waals surface area contributed by atoms with Crippen molar-refractivity contribution in [1.29, 1.82) is 0 Å². The number of thioether (sulfide) groups is 1. The highest BCUT2D eigenvalue weighted by Crippen LogP contribution is 2.49. The van der Waals surface area contributed by atoms with Crippen LogP contribution < -0.4 is 9.47 Å². The molecule has 0 N–H and O–H groups in total. The van der Waals surface area contributed by atoms with Gasteiger partial charge in [0.1, 0.15) is 6.54 Å². The lowest BCUT2D eigenvalue weighted by Gasteiger charge is -2.22. The largest absolute Gasteiger partial charge is 0.748 e. The highest BCUT2D eigenvalue weighted by molar-refractivity contribution is 8.03. The van der Waals surface area contributed by atoms with E-state index in [4.69, 9.17) is 0 Å². The van der Waals surface area contributed by atoms with Crippen LogP contribution in [0.15, 0.2) is 101 Å². The molecule has 200 valence electrons. The van der Waals surface area contributed by atoms with Crippen molar-refractivity contribution in [3.05, 3.63) is 107 Å². The maximum Gasteiger partial charge on any atom is 0.249 e. The van der Waals surface area contributed by atoms with Crippen LogP contribution in [0.5, 0.6) is 0 Å². The van der Waals surface area contributed by atoms with Crippen LogP contribution in [0.4, 0.5) is 10.1 Å². The third kappa shape index (κ3) is 5.93. The fraction of sp³-hybridized carbons (Fsp3) is 0.194. The van der Waals surface area contributed by atoms with E-state index in [-0.39, 0.29) is 12.2 Å². The van der Waals surface area contributed by atoms with Crippen molar-refractivity contribution >= 4 is 55.3 Å². The highest BCUT2D eigenvalue weighted by atomic mass is 32.2. The topological polar surface area (TPSA) is 64.3 Å². The second kappa shape index (κ2) is 11.3. The SMILES string of the molecule is CC[n+]1ccc(\C=C/C(C)=C\C=C2/Sc3ccc4ccccc4c3N2CCCS(=O)(=O)[O-])c2cccc(F)c21. The monoisotopic (exact) mass is 560 g/mol. The second-order valence-corrected chi connectivity index (χ2v) is 12.0. The van der Waals surface area contributed by atoms with Gasteiger partial charge in [0.05, 0.1) is 26.2 Å². The van der Waals surface area contributed by atoms with E-state index in [1.807, 2.05) is 73.2 Å². The summed E-state index contributed by atoms with van der Waals surface area (Å²) in [6, 6.07) is 19.4. The molecule has 3 aromatic carbocycles. The van der Waals surface area contributed by atoms with E-state index in [0.717, 1.165) is 42.9 Å². The lowest BCUT2D eigenvalue weighted by Crippen LogP contribution is -2.33. The predicted molar refractivity (Wildman–Crippen MR) is 157 cm³/mol. The Morgan fingerprint density at radius 1 is 1.08 bits per heavy atom. The zero-order chi connectivity index (χ0) is 27.6. The van der Waals surface area contributed by atoms with E-state index in [1.165, 1.54) is 6.07 Å². The summed E-state index contributed by atoms with van der Waals surface area (Å²) in [5.41, 5.74) is 3.57. The highest BCUT2D eigenvalue weighted by Gasteiger charge is 2.26. The third-order valence-corrected chi connectivity index (χ3v) is 8.67. The zero-order valence-corrected chi connectivity index (χ0v) is 23.4. The fourth-order valence-corrected chi connectivity index (χ4v) is 6.47. The number of nitrogens with zero attached hydrogens (tertiary/aromatic N) is 2. The molecular weight excluding hydrogens is 531 g/mol. The number of allylic oxidation sites excluding steroid dienone is 4. The third-order valence-electron chi connectivity index (χ3n) is 6.76. The van der Waals surface area contributed by atoms with E-state index in [0.29, 0.717) is 18.6 Å². The van der Waals surface area contributed by atoms with Crippen molar-refractivity contribution in [2.45, 2.75) is 31.7 Å². The summed E-state index contributed by atoms with van der Waals surface area (Å²) in [4.78, 5) is 3.20. The number of benzene rings is 3. The van der Waals surface area contributed by atoms with Gasteiger partial charge in [0.25, 0.3) is 0 Å². The number of hydrogen-bond acceptors (Lipinski definition) is 5. The minimum atomic E-state index is -4.28. The summed E-state index contributed by atoms with van der Waals surface area (Å²) in [7, 11) is -4.28. The van der Waals surface area contributed by atoms with Gasteiger partial charge in [0, 0.05) is 28.6 Å². The van der Waals surface area contributed by atoms with Gasteiger partial charge in [-0.2, -0.15) is 8.96 Å². The molecule has 1 aliphatic rings. The Kier molecular flexibility index (Phi) is 7.88. The molecule has 0 fully saturated rings. The van der Waals surface area contributed by atoms with Crippen LogP contribution in [-0.4, -0.2) is 25.3 Å². The standard InChI is InChI=1S/C31H29FN2O3S2/c1-3-33-20-18-24(25-10-6-11-27(32)30(25)33)14-12-22(2)13-17-29-34(19-7-21-39(35,36)37)31-26-9-5-4-8-23(26)15-16-28(31)38-29/h4-6,8-18,20H,3,7,19,21H2,1-2H3. The molecule has 8 heteroatoms. The van der Waals surface area contributed by atoms with Gasteiger partial charge >= 0.3 is 0 Å². The number of anilines is 1. The van der Waals surface area contributed by atoms with Crippen molar-refractivity contribution < 1.29 is 21.9 Å². The van der Waals surface area contributed by atoms with E-state index in [2.05, 4.69) is 29.2 Å². The number of para-hydroxylation sites is 1. The number of pyridine rings is 1. The molecule has 39 heavy (non-hydrogen) atoms. The number of rotatable bonds is 8. The summed E-state index contributed by atoms with van der Waals surface area (Å²) in [6.45, 7) is 5.10.